The van der Waals surface area contributed by atoms with Crippen LogP contribution in [0, 0.1) is 0 Å². The molecule has 0 amide bonds. The van der Waals surface area contributed by atoms with Crippen molar-refractivity contribution in [2.45, 2.75) is 39.0 Å². The van der Waals surface area contributed by atoms with E-state index in [9.17, 15) is 0 Å². The molecule has 0 aliphatic carbocycles. The van der Waals surface area contributed by atoms with Crippen LogP contribution in [-0.4, -0.2) is 28.0 Å². The molecule has 0 radical (unpaired) electrons. The van der Waals surface area contributed by atoms with Gasteiger partial charge in [0.2, 0.25) is 0 Å². The summed E-state index contributed by atoms with van der Waals surface area (Å²) in [5.41, 5.74) is 6.03. The summed E-state index contributed by atoms with van der Waals surface area (Å²) in [5, 5.41) is 0. The SMILES string of the molecule is CC(c1ccc2c(c1)OCC2)N1CCc2nc(OCc3ccccc3)ncc2C1. The van der Waals surface area contributed by atoms with Gasteiger partial charge in [0.15, 0.2) is 0 Å². The van der Waals surface area contributed by atoms with E-state index in [1.807, 2.05) is 36.5 Å². The van der Waals surface area contributed by atoms with Crippen molar-refractivity contribution in [3.05, 3.63) is 82.7 Å². The fraction of sp³-hybridized carbons (Fsp3) is 0.333. The lowest BCUT2D eigenvalue weighted by Crippen LogP contribution is -2.33. The molecule has 0 fully saturated rings. The van der Waals surface area contributed by atoms with Crippen LogP contribution in [-0.2, 0) is 26.0 Å². The van der Waals surface area contributed by atoms with Gasteiger partial charge in [0.1, 0.15) is 12.4 Å². The van der Waals surface area contributed by atoms with Crippen LogP contribution in [0.2, 0.25) is 0 Å². The van der Waals surface area contributed by atoms with Crippen LogP contribution in [0.15, 0.2) is 54.7 Å². The van der Waals surface area contributed by atoms with Crippen LogP contribution >= 0.6 is 0 Å². The molecule has 0 saturated heterocycles. The number of hydrogen-bond donors (Lipinski definition) is 0. The van der Waals surface area contributed by atoms with E-state index < -0.39 is 0 Å². The van der Waals surface area contributed by atoms with E-state index in [2.05, 4.69) is 40.0 Å². The largest absolute Gasteiger partial charge is 0.493 e. The molecule has 0 saturated carbocycles. The highest BCUT2D eigenvalue weighted by Crippen LogP contribution is 2.32. The van der Waals surface area contributed by atoms with Crippen molar-refractivity contribution in [2.24, 2.45) is 0 Å². The number of aromatic nitrogens is 2. The third-order valence-electron chi connectivity index (χ3n) is 5.90. The Morgan fingerprint density at radius 3 is 2.90 bits per heavy atom. The fourth-order valence-corrected chi connectivity index (χ4v) is 4.10. The van der Waals surface area contributed by atoms with Crippen LogP contribution in [0.1, 0.15) is 40.9 Å². The Morgan fingerprint density at radius 1 is 1.10 bits per heavy atom. The molecule has 29 heavy (non-hydrogen) atoms. The second-order valence-corrected chi connectivity index (χ2v) is 7.76. The van der Waals surface area contributed by atoms with Crippen LogP contribution in [0.3, 0.4) is 0 Å². The second-order valence-electron chi connectivity index (χ2n) is 7.76. The highest BCUT2D eigenvalue weighted by Gasteiger charge is 2.24. The maximum Gasteiger partial charge on any atom is 0.316 e. The average Bonchev–Trinajstić information content (AvgIpc) is 3.25. The van der Waals surface area contributed by atoms with Gasteiger partial charge in [-0.15, -0.1) is 0 Å². The van der Waals surface area contributed by atoms with E-state index in [1.165, 1.54) is 16.7 Å². The molecule has 5 nitrogen and oxygen atoms in total. The summed E-state index contributed by atoms with van der Waals surface area (Å²) in [7, 11) is 0. The van der Waals surface area contributed by atoms with Crippen LogP contribution < -0.4 is 9.47 Å². The van der Waals surface area contributed by atoms with Crippen molar-refractivity contribution < 1.29 is 9.47 Å². The van der Waals surface area contributed by atoms with E-state index in [0.29, 0.717) is 18.7 Å². The van der Waals surface area contributed by atoms with Gasteiger partial charge in [0.05, 0.1) is 12.3 Å². The first kappa shape index (κ1) is 18.1. The maximum absolute atomic E-state index is 5.79. The third-order valence-corrected chi connectivity index (χ3v) is 5.90. The molecule has 2 aliphatic heterocycles. The minimum absolute atomic E-state index is 0.326. The van der Waals surface area contributed by atoms with Crippen LogP contribution in [0.5, 0.6) is 11.8 Å². The topological polar surface area (TPSA) is 47.5 Å². The van der Waals surface area contributed by atoms with E-state index in [0.717, 1.165) is 49.5 Å². The molecule has 5 rings (SSSR count). The van der Waals surface area contributed by atoms with E-state index >= 15 is 0 Å². The summed E-state index contributed by atoms with van der Waals surface area (Å²) in [5.74, 6) is 1.05. The maximum atomic E-state index is 5.79. The van der Waals surface area contributed by atoms with Gasteiger partial charge in [0, 0.05) is 43.7 Å². The smallest absolute Gasteiger partial charge is 0.316 e. The number of hydrogen-bond acceptors (Lipinski definition) is 5. The fourth-order valence-electron chi connectivity index (χ4n) is 4.10. The Bertz CT molecular complexity index is 1010. The Kier molecular flexibility index (Phi) is 4.90. The summed E-state index contributed by atoms with van der Waals surface area (Å²) >= 11 is 0. The number of rotatable bonds is 5. The highest BCUT2D eigenvalue weighted by atomic mass is 16.5. The van der Waals surface area contributed by atoms with Gasteiger partial charge in [-0.1, -0.05) is 42.5 Å². The molecule has 5 heteroatoms. The van der Waals surface area contributed by atoms with Gasteiger partial charge in [-0.25, -0.2) is 4.98 Å². The summed E-state index contributed by atoms with van der Waals surface area (Å²) in [6.45, 7) is 5.38. The van der Waals surface area contributed by atoms with Crippen molar-refractivity contribution in [3.63, 3.8) is 0 Å². The predicted octanol–water partition coefficient (Wildman–Crippen LogP) is 4.11. The number of fused-ring (bicyclic) bond motifs is 2. The minimum Gasteiger partial charge on any atom is -0.493 e. The summed E-state index contributed by atoms with van der Waals surface area (Å²) in [4.78, 5) is 11.6. The monoisotopic (exact) mass is 387 g/mol. The van der Waals surface area contributed by atoms with Crippen molar-refractivity contribution in [1.29, 1.82) is 0 Å². The lowest BCUT2D eigenvalue weighted by Gasteiger charge is -2.33. The molecule has 0 spiro atoms. The Hall–Kier alpha value is -2.92. The normalized spacial score (nSPS) is 16.6. The molecule has 3 aromatic rings. The zero-order valence-corrected chi connectivity index (χ0v) is 16.7. The van der Waals surface area contributed by atoms with Gasteiger partial charge >= 0.3 is 6.01 Å². The highest BCUT2D eigenvalue weighted by molar-refractivity contribution is 5.41. The Morgan fingerprint density at radius 2 is 2.00 bits per heavy atom. The molecule has 2 aliphatic rings. The second kappa shape index (κ2) is 7.84. The van der Waals surface area contributed by atoms with E-state index in [-0.39, 0.29) is 0 Å². The Labute approximate surface area is 171 Å². The molecule has 0 bridgehead atoms. The number of nitrogens with zero attached hydrogens (tertiary/aromatic N) is 3. The van der Waals surface area contributed by atoms with Gasteiger partial charge in [-0.05, 0) is 29.7 Å². The average molecular weight is 387 g/mol. The van der Waals surface area contributed by atoms with Gasteiger partial charge in [-0.3, -0.25) is 4.90 Å². The predicted molar refractivity (Wildman–Crippen MR) is 111 cm³/mol. The third kappa shape index (κ3) is 3.83. The van der Waals surface area contributed by atoms with Crippen LogP contribution in [0.4, 0.5) is 0 Å². The Balaban J connectivity index is 1.26. The van der Waals surface area contributed by atoms with Crippen molar-refractivity contribution >= 4 is 0 Å². The van der Waals surface area contributed by atoms with Crippen LogP contribution in [0.25, 0.3) is 0 Å². The number of benzene rings is 2. The summed E-state index contributed by atoms with van der Waals surface area (Å²) in [6, 6.07) is 17.6. The quantitative estimate of drug-likeness (QED) is 0.659. The summed E-state index contributed by atoms with van der Waals surface area (Å²) < 4.78 is 11.5. The molecule has 3 heterocycles. The van der Waals surface area contributed by atoms with Crippen molar-refractivity contribution in [3.8, 4) is 11.8 Å². The zero-order valence-electron chi connectivity index (χ0n) is 16.7. The zero-order chi connectivity index (χ0) is 19.6. The number of ether oxygens (including phenoxy) is 2. The van der Waals surface area contributed by atoms with E-state index in [1.54, 1.807) is 0 Å². The lowest BCUT2D eigenvalue weighted by atomic mass is 10.00. The molecule has 1 aromatic heterocycles. The van der Waals surface area contributed by atoms with Gasteiger partial charge in [-0.2, -0.15) is 4.98 Å². The summed E-state index contributed by atoms with van der Waals surface area (Å²) in [6.07, 6.45) is 3.85. The first-order valence-electron chi connectivity index (χ1n) is 10.3. The minimum atomic E-state index is 0.326. The molecule has 148 valence electrons. The molecule has 1 atom stereocenters. The molecular weight excluding hydrogens is 362 g/mol. The molecule has 1 unspecified atom stereocenters. The van der Waals surface area contributed by atoms with E-state index in [4.69, 9.17) is 9.47 Å². The molecule has 0 N–H and O–H groups in total. The molecular formula is C24H25N3O2. The lowest BCUT2D eigenvalue weighted by molar-refractivity contribution is 0.188. The molecule has 2 aromatic carbocycles. The standard InChI is InChI=1S/C24H25N3O2/c1-17(20-8-7-19-10-12-28-23(19)13-20)27-11-9-22-21(15-27)14-25-24(26-22)29-16-18-5-3-2-4-6-18/h2-8,13-14,17H,9-12,15-16H2,1H3. The van der Waals surface area contributed by atoms with Crippen molar-refractivity contribution in [2.75, 3.05) is 13.2 Å². The first-order chi connectivity index (χ1) is 14.3. The van der Waals surface area contributed by atoms with Gasteiger partial charge in [0.25, 0.3) is 0 Å². The van der Waals surface area contributed by atoms with Gasteiger partial charge < -0.3 is 9.47 Å². The first-order valence-corrected chi connectivity index (χ1v) is 10.3. The van der Waals surface area contributed by atoms with Crippen molar-refractivity contribution in [1.82, 2.24) is 14.9 Å².